The zero-order chi connectivity index (χ0) is 15.6. The van der Waals surface area contributed by atoms with E-state index in [1.54, 1.807) is 6.08 Å². The van der Waals surface area contributed by atoms with Gasteiger partial charge in [-0.25, -0.2) is 4.99 Å². The number of carbonyl (C=O) groups excluding carboxylic acids is 1. The summed E-state index contributed by atoms with van der Waals surface area (Å²) in [6.45, 7) is 6.14. The van der Waals surface area contributed by atoms with Crippen LogP contribution in [0, 0.1) is 0 Å². The van der Waals surface area contributed by atoms with Crippen molar-refractivity contribution in [3.63, 3.8) is 0 Å². The predicted molar refractivity (Wildman–Crippen MR) is 106 cm³/mol. The Kier molecular flexibility index (Phi) is 9.35. The highest BCUT2D eigenvalue weighted by Crippen LogP contribution is 2.12. The van der Waals surface area contributed by atoms with Gasteiger partial charge in [0.25, 0.3) is 0 Å². The minimum absolute atomic E-state index is 0. The summed E-state index contributed by atoms with van der Waals surface area (Å²) in [5, 5.41) is 6.08. The third-order valence-corrected chi connectivity index (χ3v) is 3.50. The molecule has 6 heteroatoms. The van der Waals surface area contributed by atoms with Gasteiger partial charge in [-0.1, -0.05) is 24.3 Å². The number of nitrogens with zero attached hydrogens (tertiary/aromatic N) is 2. The first-order valence-electron chi connectivity index (χ1n) is 7.78. The molecule has 1 saturated heterocycles. The Balaban J connectivity index is 0.00000264. The molecular formula is C17H25IN4O. The molecule has 2 rings (SSSR count). The third-order valence-electron chi connectivity index (χ3n) is 3.50. The van der Waals surface area contributed by atoms with Gasteiger partial charge in [0.1, 0.15) is 6.54 Å². The minimum atomic E-state index is -0.0933. The van der Waals surface area contributed by atoms with Crippen LogP contribution in [0.3, 0.4) is 0 Å². The average molecular weight is 428 g/mol. The Morgan fingerprint density at radius 2 is 1.91 bits per heavy atom. The van der Waals surface area contributed by atoms with E-state index in [1.165, 1.54) is 6.42 Å². The van der Waals surface area contributed by atoms with Crippen LogP contribution in [0.25, 0.3) is 0 Å². The molecule has 0 saturated carbocycles. The molecule has 0 aromatic heterocycles. The quantitative estimate of drug-likeness (QED) is 0.328. The van der Waals surface area contributed by atoms with E-state index in [-0.39, 0.29) is 36.4 Å². The smallest absolute Gasteiger partial charge is 0.242 e. The summed E-state index contributed by atoms with van der Waals surface area (Å²) in [7, 11) is 0. The molecule has 1 fully saturated rings. The van der Waals surface area contributed by atoms with Gasteiger partial charge in [0, 0.05) is 25.3 Å². The van der Waals surface area contributed by atoms with Crippen LogP contribution in [-0.2, 0) is 4.79 Å². The SMILES string of the molecule is C=CCNC(=O)CN=C(Nc1ccccc1)N1CCCCC1.I. The molecule has 1 aromatic rings. The number of benzene rings is 1. The molecule has 0 radical (unpaired) electrons. The molecule has 0 atom stereocenters. The van der Waals surface area contributed by atoms with Gasteiger partial charge < -0.3 is 15.5 Å². The molecule has 126 valence electrons. The molecule has 1 amide bonds. The number of rotatable bonds is 5. The number of halogens is 1. The van der Waals surface area contributed by atoms with E-state index in [4.69, 9.17) is 0 Å². The first kappa shape index (κ1) is 19.5. The molecule has 0 unspecified atom stereocenters. The van der Waals surface area contributed by atoms with Gasteiger partial charge in [-0.2, -0.15) is 0 Å². The Labute approximate surface area is 155 Å². The van der Waals surface area contributed by atoms with Gasteiger partial charge in [-0.05, 0) is 31.4 Å². The standard InChI is InChI=1S/C17H24N4O.HI/c1-2-11-18-16(22)14-19-17(21-12-7-4-8-13-21)20-15-9-5-3-6-10-15;/h2-3,5-6,9-10H,1,4,7-8,11-14H2,(H,18,22)(H,19,20);1H. The van der Waals surface area contributed by atoms with Crippen molar-refractivity contribution in [1.82, 2.24) is 10.2 Å². The number of carbonyl (C=O) groups is 1. The largest absolute Gasteiger partial charge is 0.351 e. The monoisotopic (exact) mass is 428 g/mol. The fourth-order valence-corrected chi connectivity index (χ4v) is 2.36. The van der Waals surface area contributed by atoms with Crippen molar-refractivity contribution >= 4 is 41.5 Å². The lowest BCUT2D eigenvalue weighted by molar-refractivity contribution is -0.119. The van der Waals surface area contributed by atoms with Crippen molar-refractivity contribution in [3.8, 4) is 0 Å². The van der Waals surface area contributed by atoms with Gasteiger partial charge in [0.05, 0.1) is 0 Å². The molecule has 1 heterocycles. The second-order valence-electron chi connectivity index (χ2n) is 5.27. The minimum Gasteiger partial charge on any atom is -0.351 e. The van der Waals surface area contributed by atoms with Crippen molar-refractivity contribution in [2.75, 3.05) is 31.5 Å². The van der Waals surface area contributed by atoms with Crippen molar-refractivity contribution in [1.29, 1.82) is 0 Å². The summed E-state index contributed by atoms with van der Waals surface area (Å²) < 4.78 is 0. The number of nitrogens with one attached hydrogen (secondary N) is 2. The zero-order valence-electron chi connectivity index (χ0n) is 13.3. The lowest BCUT2D eigenvalue weighted by Gasteiger charge is -2.30. The van der Waals surface area contributed by atoms with E-state index in [1.807, 2.05) is 30.3 Å². The Morgan fingerprint density at radius 1 is 1.22 bits per heavy atom. The first-order chi connectivity index (χ1) is 10.8. The summed E-state index contributed by atoms with van der Waals surface area (Å²) in [4.78, 5) is 18.4. The van der Waals surface area contributed by atoms with Gasteiger partial charge >= 0.3 is 0 Å². The van der Waals surface area contributed by atoms with E-state index in [2.05, 4.69) is 27.1 Å². The summed E-state index contributed by atoms with van der Waals surface area (Å²) in [5.74, 6) is 0.684. The van der Waals surface area contributed by atoms with Crippen LogP contribution in [0.4, 0.5) is 5.69 Å². The first-order valence-corrected chi connectivity index (χ1v) is 7.78. The molecule has 1 aliphatic rings. The molecule has 1 aromatic carbocycles. The summed E-state index contributed by atoms with van der Waals surface area (Å²) >= 11 is 0. The fraction of sp³-hybridized carbons (Fsp3) is 0.412. The van der Waals surface area contributed by atoms with E-state index in [0.717, 1.165) is 37.6 Å². The topological polar surface area (TPSA) is 56.7 Å². The molecule has 1 aliphatic heterocycles. The molecule has 0 bridgehead atoms. The second-order valence-corrected chi connectivity index (χ2v) is 5.27. The lowest BCUT2D eigenvalue weighted by Crippen LogP contribution is -2.41. The van der Waals surface area contributed by atoms with Crippen molar-refractivity contribution in [2.45, 2.75) is 19.3 Å². The average Bonchev–Trinajstić information content (AvgIpc) is 2.58. The number of hydrogen-bond donors (Lipinski definition) is 2. The normalized spacial score (nSPS) is 14.6. The van der Waals surface area contributed by atoms with Crippen molar-refractivity contribution in [3.05, 3.63) is 43.0 Å². The third kappa shape index (κ3) is 7.02. The fourth-order valence-electron chi connectivity index (χ4n) is 2.36. The predicted octanol–water partition coefficient (Wildman–Crippen LogP) is 2.86. The Hall–Kier alpha value is -1.57. The lowest BCUT2D eigenvalue weighted by atomic mass is 10.1. The van der Waals surface area contributed by atoms with Crippen LogP contribution in [-0.4, -0.2) is 42.9 Å². The number of para-hydroxylation sites is 1. The highest BCUT2D eigenvalue weighted by atomic mass is 127. The number of guanidine groups is 1. The van der Waals surface area contributed by atoms with Crippen molar-refractivity contribution < 1.29 is 4.79 Å². The van der Waals surface area contributed by atoms with Crippen LogP contribution < -0.4 is 10.6 Å². The van der Waals surface area contributed by atoms with Crippen LogP contribution in [0.1, 0.15) is 19.3 Å². The number of anilines is 1. The summed E-state index contributed by atoms with van der Waals surface area (Å²) in [5.41, 5.74) is 0.985. The van der Waals surface area contributed by atoms with Crippen LogP contribution >= 0.6 is 24.0 Å². The Bertz CT molecular complexity index is 513. The van der Waals surface area contributed by atoms with E-state index < -0.39 is 0 Å². The van der Waals surface area contributed by atoms with Gasteiger partial charge in [0.15, 0.2) is 5.96 Å². The number of piperidine rings is 1. The van der Waals surface area contributed by atoms with Crippen LogP contribution in [0.5, 0.6) is 0 Å². The maximum absolute atomic E-state index is 11.7. The van der Waals surface area contributed by atoms with Gasteiger partial charge in [-0.3, -0.25) is 4.79 Å². The molecular weight excluding hydrogens is 403 g/mol. The molecule has 23 heavy (non-hydrogen) atoms. The van der Waals surface area contributed by atoms with E-state index in [0.29, 0.717) is 6.54 Å². The van der Waals surface area contributed by atoms with E-state index >= 15 is 0 Å². The van der Waals surface area contributed by atoms with Crippen molar-refractivity contribution in [2.24, 2.45) is 4.99 Å². The molecule has 0 aliphatic carbocycles. The summed E-state index contributed by atoms with van der Waals surface area (Å²) in [6.07, 6.45) is 5.25. The number of hydrogen-bond acceptors (Lipinski definition) is 2. The number of likely N-dealkylation sites (tertiary alicyclic amines) is 1. The number of aliphatic imine (C=N–C) groups is 1. The van der Waals surface area contributed by atoms with E-state index in [9.17, 15) is 4.79 Å². The maximum atomic E-state index is 11.7. The molecule has 5 nitrogen and oxygen atoms in total. The number of amides is 1. The summed E-state index contributed by atoms with van der Waals surface area (Å²) in [6, 6.07) is 9.93. The zero-order valence-corrected chi connectivity index (χ0v) is 15.7. The van der Waals surface area contributed by atoms with Crippen LogP contribution in [0.2, 0.25) is 0 Å². The molecule has 0 spiro atoms. The Morgan fingerprint density at radius 3 is 2.57 bits per heavy atom. The highest BCUT2D eigenvalue weighted by molar-refractivity contribution is 14.0. The van der Waals surface area contributed by atoms with Gasteiger partial charge in [-0.15, -0.1) is 30.6 Å². The molecule has 2 N–H and O–H groups in total. The van der Waals surface area contributed by atoms with Gasteiger partial charge in [0.2, 0.25) is 5.91 Å². The highest BCUT2D eigenvalue weighted by Gasteiger charge is 2.15. The second kappa shape index (κ2) is 11.0. The maximum Gasteiger partial charge on any atom is 0.242 e. The van der Waals surface area contributed by atoms with Crippen LogP contribution in [0.15, 0.2) is 48.0 Å².